The van der Waals surface area contributed by atoms with Gasteiger partial charge in [0, 0.05) is 83.3 Å². The first-order valence-corrected chi connectivity index (χ1v) is 13.3. The van der Waals surface area contributed by atoms with Crippen LogP contribution in [0.5, 0.6) is 0 Å². The van der Waals surface area contributed by atoms with Gasteiger partial charge in [-0.2, -0.15) is 6.61 Å². The number of hydrogen-bond donors (Lipinski definition) is 0. The van der Waals surface area contributed by atoms with Crippen LogP contribution in [0.1, 0.15) is 47.5 Å². The second-order valence-electron chi connectivity index (χ2n) is 9.59. The number of piperidine rings is 1. The van der Waals surface area contributed by atoms with Crippen molar-refractivity contribution in [1.29, 1.82) is 0 Å². The predicted octanol–water partition coefficient (Wildman–Crippen LogP) is 5.36. The van der Waals surface area contributed by atoms with E-state index in [9.17, 15) is 4.39 Å². The summed E-state index contributed by atoms with van der Waals surface area (Å²) in [6, 6.07) is 7.51. The zero-order chi connectivity index (χ0) is 24.9. The molecule has 1 aromatic rings. The van der Waals surface area contributed by atoms with E-state index >= 15 is 0 Å². The van der Waals surface area contributed by atoms with Crippen molar-refractivity contribution < 1.29 is 58.8 Å². The van der Waals surface area contributed by atoms with E-state index in [1.54, 1.807) is 26.9 Å². The molecule has 1 aromatic carbocycles. The van der Waals surface area contributed by atoms with Crippen LogP contribution in [-0.4, -0.2) is 68.7 Å². The standard InChI is InChI=1S/C25H41FN2O5P.U/c1-18(2)28(19(3)4)34(30-7)32-17-23-20(5)24(16-31-23)33-25(29-6)12-14-27(15-13-25)22-11-9-8-10-21(22)26;/h8-11,16,18-20,23-24H,12-15,17H2,1-7H3;/q-1;. The van der Waals surface area contributed by atoms with Gasteiger partial charge in [-0.15, -0.1) is 0 Å². The summed E-state index contributed by atoms with van der Waals surface area (Å²) in [5.74, 6) is -0.828. The van der Waals surface area contributed by atoms with E-state index in [4.69, 9.17) is 23.3 Å². The van der Waals surface area contributed by atoms with E-state index in [1.807, 2.05) is 17.0 Å². The fourth-order valence-corrected chi connectivity index (χ4v) is 6.16. The minimum Gasteiger partial charge on any atom is -0.545 e. The number of ether oxygens (including phenoxy) is 3. The zero-order valence-electron chi connectivity index (χ0n) is 22.1. The van der Waals surface area contributed by atoms with Crippen LogP contribution in [0.2, 0.25) is 0 Å². The molecule has 2 aliphatic rings. The smallest absolute Gasteiger partial charge is 0.259 e. The molecule has 198 valence electrons. The van der Waals surface area contributed by atoms with Crippen molar-refractivity contribution in [2.24, 2.45) is 5.92 Å². The van der Waals surface area contributed by atoms with Gasteiger partial charge in [-0.05, 0) is 51.8 Å². The Bertz CT molecular complexity index is 761. The molecular weight excluding hydrogens is 696 g/mol. The molecule has 0 saturated carbocycles. The van der Waals surface area contributed by atoms with Crippen LogP contribution in [-0.2, 0) is 23.3 Å². The van der Waals surface area contributed by atoms with Gasteiger partial charge >= 0.3 is 0 Å². The van der Waals surface area contributed by atoms with E-state index in [-0.39, 0.29) is 55.1 Å². The summed E-state index contributed by atoms with van der Waals surface area (Å²) in [5.41, 5.74) is 0.625. The SMILES string of the molecule is COP(OCC1O[CH-]C(OC2(OC)CCN(c3ccccc3F)CC2)C1C)N(C(C)C)C(C)C.[U]. The van der Waals surface area contributed by atoms with Crippen LogP contribution in [0.3, 0.4) is 0 Å². The van der Waals surface area contributed by atoms with Gasteiger partial charge in [-0.25, -0.2) is 9.06 Å². The third kappa shape index (κ3) is 7.85. The number of halogens is 1. The molecule has 35 heavy (non-hydrogen) atoms. The first kappa shape index (κ1) is 31.4. The van der Waals surface area contributed by atoms with Crippen molar-refractivity contribution in [1.82, 2.24) is 4.67 Å². The number of hydrogen-bond acceptors (Lipinski definition) is 7. The van der Waals surface area contributed by atoms with Gasteiger partial charge in [-0.1, -0.05) is 19.1 Å². The van der Waals surface area contributed by atoms with Gasteiger partial charge in [0.1, 0.15) is 5.82 Å². The Balaban J connectivity index is 0.00000432. The molecule has 0 N–H and O–H groups in total. The molecule has 0 spiro atoms. The van der Waals surface area contributed by atoms with Gasteiger partial charge < -0.3 is 28.2 Å². The molecule has 0 amide bonds. The monoisotopic (exact) mass is 737 g/mol. The molecule has 7 nitrogen and oxygen atoms in total. The third-order valence-electron chi connectivity index (χ3n) is 6.69. The van der Waals surface area contributed by atoms with Crippen LogP contribution in [0, 0.1) is 49.5 Å². The molecule has 0 aromatic heterocycles. The van der Waals surface area contributed by atoms with Crippen LogP contribution in [0.4, 0.5) is 10.1 Å². The van der Waals surface area contributed by atoms with Gasteiger partial charge in [0.05, 0.1) is 18.4 Å². The van der Waals surface area contributed by atoms with E-state index in [2.05, 4.69) is 39.3 Å². The maximum absolute atomic E-state index is 14.2. The first-order chi connectivity index (χ1) is 16.2. The van der Waals surface area contributed by atoms with Crippen molar-refractivity contribution in [3.05, 3.63) is 36.7 Å². The Labute approximate surface area is 235 Å². The van der Waals surface area contributed by atoms with Crippen molar-refractivity contribution in [2.75, 3.05) is 38.8 Å². The van der Waals surface area contributed by atoms with Crippen molar-refractivity contribution in [3.63, 3.8) is 0 Å². The summed E-state index contributed by atoms with van der Waals surface area (Å²) in [6.07, 6.45) is 0.943. The maximum Gasteiger partial charge on any atom is 0.259 e. The van der Waals surface area contributed by atoms with Gasteiger partial charge in [0.25, 0.3) is 8.53 Å². The number of benzene rings is 1. The van der Waals surface area contributed by atoms with Gasteiger partial charge in [-0.3, -0.25) is 0 Å². The molecule has 10 heteroatoms. The zero-order valence-corrected chi connectivity index (χ0v) is 27.1. The number of nitrogens with zero attached hydrogens (tertiary/aromatic N) is 2. The summed E-state index contributed by atoms with van der Waals surface area (Å²) >= 11 is 0. The first-order valence-electron chi connectivity index (χ1n) is 12.2. The second kappa shape index (κ2) is 14.4. The fourth-order valence-electron chi connectivity index (χ4n) is 4.70. The van der Waals surface area contributed by atoms with Crippen LogP contribution < -0.4 is 4.90 Å². The molecule has 2 saturated heterocycles. The van der Waals surface area contributed by atoms with Crippen LogP contribution in [0.15, 0.2) is 24.3 Å². The molecule has 4 atom stereocenters. The predicted molar refractivity (Wildman–Crippen MR) is 133 cm³/mol. The normalized spacial score (nSPS) is 25.3. The molecule has 3 rings (SSSR count). The summed E-state index contributed by atoms with van der Waals surface area (Å²) in [4.78, 5) is 2.05. The molecule has 0 radical (unpaired) electrons. The van der Waals surface area contributed by atoms with E-state index in [1.165, 1.54) is 6.07 Å². The summed E-state index contributed by atoms with van der Waals surface area (Å²) in [7, 11) is 2.20. The van der Waals surface area contributed by atoms with Gasteiger partial charge in [0.15, 0.2) is 5.79 Å². The molecule has 2 fully saturated rings. The molecular formula is C25H41FN2O5PU-. The number of rotatable bonds is 11. The fraction of sp³-hybridized carbons (Fsp3) is 0.720. The van der Waals surface area contributed by atoms with Crippen LogP contribution in [0.25, 0.3) is 0 Å². The van der Waals surface area contributed by atoms with E-state index in [0.29, 0.717) is 50.3 Å². The third-order valence-corrected chi connectivity index (χ3v) is 8.67. The Hall–Kier alpha value is 0.192. The maximum atomic E-state index is 14.2. The average molecular weight is 738 g/mol. The minimum absolute atomic E-state index is 0. The largest absolute Gasteiger partial charge is 0.545 e. The van der Waals surface area contributed by atoms with E-state index < -0.39 is 14.3 Å². The molecule has 2 aliphatic heterocycles. The average Bonchev–Trinajstić information content (AvgIpc) is 3.15. The molecule has 2 heterocycles. The summed E-state index contributed by atoms with van der Waals surface area (Å²) in [6.45, 7) is 14.2. The van der Waals surface area contributed by atoms with Crippen molar-refractivity contribution >= 4 is 14.2 Å². The van der Waals surface area contributed by atoms with Gasteiger partial charge in [0.2, 0.25) is 0 Å². The molecule has 0 aliphatic carbocycles. The number of methoxy groups -OCH3 is 1. The number of para-hydroxylation sites is 1. The topological polar surface area (TPSA) is 52.6 Å². The second-order valence-corrected chi connectivity index (χ2v) is 11.2. The Kier molecular flexibility index (Phi) is 12.9. The minimum atomic E-state index is -1.17. The van der Waals surface area contributed by atoms with E-state index in [0.717, 1.165) is 0 Å². The van der Waals surface area contributed by atoms with Crippen molar-refractivity contribution in [2.45, 2.75) is 77.5 Å². The number of anilines is 1. The Morgan fingerprint density at radius 3 is 2.34 bits per heavy atom. The molecule has 4 unspecified atom stereocenters. The quantitative estimate of drug-likeness (QED) is 0.172. The molecule has 0 bridgehead atoms. The van der Waals surface area contributed by atoms with Crippen molar-refractivity contribution in [3.8, 4) is 0 Å². The van der Waals surface area contributed by atoms with Crippen LogP contribution >= 0.6 is 8.53 Å². The Morgan fingerprint density at radius 2 is 1.80 bits per heavy atom. The summed E-state index contributed by atoms with van der Waals surface area (Å²) in [5, 5.41) is 0. The summed E-state index contributed by atoms with van der Waals surface area (Å²) < 4.78 is 46.6. The Morgan fingerprint density at radius 1 is 1.17 bits per heavy atom.